The minimum atomic E-state index is -3.75. The standard InChI is InChI=1S/C21H23N3O5S/c1-3-16-6-5-7-17(14-16)24-21(26)15-22-20(25)12-13-23-30(27,28)19-10-8-18(9-11-19)29-4-2/h1,5-11,14,23H,4,12-13,15H2,2H3,(H,22,25)(H,24,26). The Kier molecular flexibility index (Phi) is 8.41. The van der Waals surface area contributed by atoms with E-state index < -0.39 is 21.8 Å². The van der Waals surface area contributed by atoms with Gasteiger partial charge in [-0.1, -0.05) is 12.0 Å². The number of rotatable bonds is 10. The number of terminal acetylenes is 1. The van der Waals surface area contributed by atoms with Crippen LogP contribution in [0.25, 0.3) is 0 Å². The molecule has 0 atom stereocenters. The predicted molar refractivity (Wildman–Crippen MR) is 113 cm³/mol. The van der Waals surface area contributed by atoms with Crippen LogP contribution in [0.5, 0.6) is 5.75 Å². The third kappa shape index (κ3) is 7.24. The predicted octanol–water partition coefficient (Wildman–Crippen LogP) is 1.49. The SMILES string of the molecule is C#Cc1cccc(NC(=O)CNC(=O)CCNS(=O)(=O)c2ccc(OCC)cc2)c1. The molecule has 30 heavy (non-hydrogen) atoms. The van der Waals surface area contributed by atoms with Gasteiger partial charge in [0.1, 0.15) is 5.75 Å². The van der Waals surface area contributed by atoms with Gasteiger partial charge in [-0.25, -0.2) is 13.1 Å². The summed E-state index contributed by atoms with van der Waals surface area (Å²) in [6.45, 7) is 1.96. The number of carbonyl (C=O) groups excluding carboxylic acids is 2. The van der Waals surface area contributed by atoms with Crippen molar-refractivity contribution in [3.05, 3.63) is 54.1 Å². The van der Waals surface area contributed by atoms with Crippen LogP contribution in [-0.4, -0.2) is 39.9 Å². The van der Waals surface area contributed by atoms with E-state index >= 15 is 0 Å². The van der Waals surface area contributed by atoms with Crippen LogP contribution in [-0.2, 0) is 19.6 Å². The number of carbonyl (C=O) groups is 2. The summed E-state index contributed by atoms with van der Waals surface area (Å²) < 4.78 is 32.1. The Morgan fingerprint density at radius 2 is 1.83 bits per heavy atom. The first-order chi connectivity index (χ1) is 14.3. The Morgan fingerprint density at radius 3 is 2.50 bits per heavy atom. The quantitative estimate of drug-likeness (QED) is 0.495. The van der Waals surface area contributed by atoms with Crippen molar-refractivity contribution in [1.82, 2.24) is 10.0 Å². The van der Waals surface area contributed by atoms with Gasteiger partial charge in [-0.2, -0.15) is 0 Å². The molecule has 2 aromatic rings. The summed E-state index contributed by atoms with van der Waals surface area (Å²) in [4.78, 5) is 23.8. The van der Waals surface area contributed by atoms with Gasteiger partial charge < -0.3 is 15.4 Å². The Hall–Kier alpha value is -3.35. The largest absolute Gasteiger partial charge is 0.494 e. The van der Waals surface area contributed by atoms with Crippen molar-refractivity contribution in [3.8, 4) is 18.1 Å². The molecule has 0 fully saturated rings. The van der Waals surface area contributed by atoms with Crippen LogP contribution in [0, 0.1) is 12.3 Å². The molecule has 0 saturated carbocycles. The fraction of sp³-hybridized carbons (Fsp3) is 0.238. The number of anilines is 1. The second kappa shape index (κ2) is 11.0. The Labute approximate surface area is 176 Å². The summed E-state index contributed by atoms with van der Waals surface area (Å²) in [5.74, 6) is 2.15. The molecule has 0 aliphatic rings. The minimum Gasteiger partial charge on any atom is -0.494 e. The van der Waals surface area contributed by atoms with E-state index in [2.05, 4.69) is 21.3 Å². The van der Waals surface area contributed by atoms with Gasteiger partial charge in [0.2, 0.25) is 21.8 Å². The average Bonchev–Trinajstić information content (AvgIpc) is 2.73. The smallest absolute Gasteiger partial charge is 0.243 e. The van der Waals surface area contributed by atoms with Crippen molar-refractivity contribution in [2.45, 2.75) is 18.2 Å². The van der Waals surface area contributed by atoms with Crippen molar-refractivity contribution in [3.63, 3.8) is 0 Å². The summed E-state index contributed by atoms with van der Waals surface area (Å²) in [6, 6.07) is 12.7. The normalized spacial score (nSPS) is 10.7. The lowest BCUT2D eigenvalue weighted by atomic mass is 10.2. The molecule has 2 aromatic carbocycles. The van der Waals surface area contributed by atoms with E-state index in [9.17, 15) is 18.0 Å². The Morgan fingerprint density at radius 1 is 1.10 bits per heavy atom. The zero-order chi connectivity index (χ0) is 22.0. The molecular weight excluding hydrogens is 406 g/mol. The molecule has 0 unspecified atom stereocenters. The van der Waals surface area contributed by atoms with Crippen LogP contribution < -0.4 is 20.1 Å². The Balaban J connectivity index is 1.74. The van der Waals surface area contributed by atoms with Crippen molar-refractivity contribution in [1.29, 1.82) is 0 Å². The van der Waals surface area contributed by atoms with Crippen LogP contribution in [0.15, 0.2) is 53.4 Å². The van der Waals surface area contributed by atoms with E-state index in [4.69, 9.17) is 11.2 Å². The molecule has 0 saturated heterocycles. The number of hydrogen-bond acceptors (Lipinski definition) is 5. The highest BCUT2D eigenvalue weighted by Gasteiger charge is 2.14. The molecule has 158 valence electrons. The first-order valence-electron chi connectivity index (χ1n) is 9.20. The van der Waals surface area contributed by atoms with Gasteiger partial charge in [0.25, 0.3) is 0 Å². The van der Waals surface area contributed by atoms with Gasteiger partial charge in [0, 0.05) is 24.2 Å². The van der Waals surface area contributed by atoms with E-state index in [0.29, 0.717) is 23.6 Å². The molecule has 0 aromatic heterocycles. The molecule has 0 spiro atoms. The molecule has 0 heterocycles. The number of benzene rings is 2. The van der Waals surface area contributed by atoms with Crippen molar-refractivity contribution >= 4 is 27.5 Å². The molecule has 3 N–H and O–H groups in total. The van der Waals surface area contributed by atoms with Gasteiger partial charge in [0.05, 0.1) is 18.0 Å². The molecule has 2 rings (SSSR count). The number of ether oxygens (including phenoxy) is 1. The van der Waals surface area contributed by atoms with Crippen LogP contribution in [0.1, 0.15) is 18.9 Å². The maximum absolute atomic E-state index is 12.2. The average molecular weight is 429 g/mol. The second-order valence-electron chi connectivity index (χ2n) is 6.10. The first-order valence-corrected chi connectivity index (χ1v) is 10.7. The maximum atomic E-state index is 12.2. The van der Waals surface area contributed by atoms with E-state index in [1.165, 1.54) is 12.1 Å². The van der Waals surface area contributed by atoms with Gasteiger partial charge in [-0.15, -0.1) is 6.42 Å². The van der Waals surface area contributed by atoms with Crippen LogP contribution in [0.4, 0.5) is 5.69 Å². The zero-order valence-corrected chi connectivity index (χ0v) is 17.3. The third-order valence-corrected chi connectivity index (χ3v) is 5.33. The maximum Gasteiger partial charge on any atom is 0.243 e. The summed E-state index contributed by atoms with van der Waals surface area (Å²) in [5.41, 5.74) is 1.14. The number of sulfonamides is 1. The van der Waals surface area contributed by atoms with Gasteiger partial charge in [-0.3, -0.25) is 9.59 Å². The highest BCUT2D eigenvalue weighted by atomic mass is 32.2. The lowest BCUT2D eigenvalue weighted by Gasteiger charge is -2.09. The summed E-state index contributed by atoms with van der Waals surface area (Å²) in [6.07, 6.45) is 5.19. The van der Waals surface area contributed by atoms with E-state index in [-0.39, 0.29) is 24.4 Å². The van der Waals surface area contributed by atoms with Gasteiger partial charge in [-0.05, 0) is 49.4 Å². The fourth-order valence-corrected chi connectivity index (χ4v) is 3.45. The summed E-state index contributed by atoms with van der Waals surface area (Å²) >= 11 is 0. The molecule has 2 amide bonds. The van der Waals surface area contributed by atoms with Crippen molar-refractivity contribution < 1.29 is 22.7 Å². The monoisotopic (exact) mass is 429 g/mol. The molecule has 0 bridgehead atoms. The summed E-state index contributed by atoms with van der Waals surface area (Å²) in [5, 5.41) is 5.05. The topological polar surface area (TPSA) is 114 Å². The Bertz CT molecular complexity index is 1030. The molecule has 9 heteroatoms. The zero-order valence-electron chi connectivity index (χ0n) is 16.5. The lowest BCUT2D eigenvalue weighted by molar-refractivity contribution is -0.124. The molecular formula is C21H23N3O5S. The molecule has 8 nitrogen and oxygen atoms in total. The first kappa shape index (κ1) is 22.9. The second-order valence-corrected chi connectivity index (χ2v) is 7.87. The molecule has 0 radical (unpaired) electrons. The van der Waals surface area contributed by atoms with E-state index in [0.717, 1.165) is 0 Å². The van der Waals surface area contributed by atoms with Crippen molar-refractivity contribution in [2.24, 2.45) is 0 Å². The van der Waals surface area contributed by atoms with Crippen LogP contribution in [0.3, 0.4) is 0 Å². The van der Waals surface area contributed by atoms with Crippen molar-refractivity contribution in [2.75, 3.05) is 25.0 Å². The third-order valence-electron chi connectivity index (χ3n) is 3.85. The summed E-state index contributed by atoms with van der Waals surface area (Å²) in [7, 11) is -3.75. The number of amides is 2. The number of hydrogen-bond donors (Lipinski definition) is 3. The molecule has 0 aliphatic carbocycles. The highest BCUT2D eigenvalue weighted by Crippen LogP contribution is 2.15. The van der Waals surface area contributed by atoms with E-state index in [1.54, 1.807) is 36.4 Å². The van der Waals surface area contributed by atoms with Crippen LogP contribution >= 0.6 is 0 Å². The molecule has 0 aliphatic heterocycles. The van der Waals surface area contributed by atoms with Gasteiger partial charge >= 0.3 is 0 Å². The number of nitrogens with one attached hydrogen (secondary N) is 3. The fourth-order valence-electron chi connectivity index (χ4n) is 2.42. The van der Waals surface area contributed by atoms with Gasteiger partial charge in [0.15, 0.2) is 0 Å². The highest BCUT2D eigenvalue weighted by molar-refractivity contribution is 7.89. The van der Waals surface area contributed by atoms with E-state index in [1.807, 2.05) is 6.92 Å². The minimum absolute atomic E-state index is 0.0694. The lowest BCUT2D eigenvalue weighted by Crippen LogP contribution is -2.35. The van der Waals surface area contributed by atoms with Crippen LogP contribution in [0.2, 0.25) is 0 Å².